The normalized spacial score (nSPS) is 24.7. The number of carbonyl (C=O) groups excluding carboxylic acids is 1. The fraction of sp³-hybridized carbons (Fsp3) is 0.154. The van der Waals surface area contributed by atoms with E-state index in [2.05, 4.69) is 6.07 Å². The van der Waals surface area contributed by atoms with Crippen LogP contribution in [-0.4, -0.2) is 22.2 Å². The van der Waals surface area contributed by atoms with Gasteiger partial charge in [0.05, 0.1) is 5.56 Å². The maximum Gasteiger partial charge on any atom is 0.340 e. The van der Waals surface area contributed by atoms with E-state index in [0.717, 1.165) is 11.8 Å². The molecule has 0 saturated carbocycles. The average molecular weight is 303 g/mol. The molecule has 100 valence electrons. The summed E-state index contributed by atoms with van der Waals surface area (Å²) >= 11 is 6.40. The van der Waals surface area contributed by atoms with E-state index in [0.29, 0.717) is 15.4 Å². The first kappa shape index (κ1) is 13.0. The van der Waals surface area contributed by atoms with Gasteiger partial charge in [-0.2, -0.15) is 5.26 Å². The Balaban J connectivity index is 2.31. The van der Waals surface area contributed by atoms with Crippen molar-refractivity contribution in [3.8, 4) is 6.07 Å². The molecule has 1 spiro atoms. The van der Waals surface area contributed by atoms with Crippen molar-refractivity contribution in [2.75, 3.05) is 7.05 Å². The second-order valence-corrected chi connectivity index (χ2v) is 6.16. The number of hydrogen-bond donors (Lipinski definition) is 1. The summed E-state index contributed by atoms with van der Waals surface area (Å²) in [6, 6.07) is 9.01. The third kappa shape index (κ3) is 1.49. The molecular weight excluding hydrogens is 294 g/mol. The van der Waals surface area contributed by atoms with E-state index in [1.165, 1.54) is 0 Å². The molecule has 2 aliphatic heterocycles. The van der Waals surface area contributed by atoms with Crippen LogP contribution in [0.25, 0.3) is 0 Å². The van der Waals surface area contributed by atoms with Crippen molar-refractivity contribution in [3.05, 3.63) is 46.8 Å². The van der Waals surface area contributed by atoms with E-state index in [9.17, 15) is 10.1 Å². The number of benzene rings is 1. The molecule has 1 aromatic carbocycles. The zero-order valence-electron chi connectivity index (χ0n) is 10.4. The van der Waals surface area contributed by atoms with E-state index in [-0.39, 0.29) is 11.4 Å². The maximum atomic E-state index is 12.0. The van der Waals surface area contributed by atoms with E-state index in [4.69, 9.17) is 22.7 Å². The third-order valence-corrected chi connectivity index (χ3v) is 5.07. The molecule has 1 atom stereocenters. The molecule has 2 heterocycles. The molecule has 0 amide bonds. The van der Waals surface area contributed by atoms with E-state index < -0.39 is 10.9 Å². The smallest absolute Gasteiger partial charge is 0.340 e. The third-order valence-electron chi connectivity index (χ3n) is 3.30. The van der Waals surface area contributed by atoms with Gasteiger partial charge in [-0.25, -0.2) is 4.79 Å². The standard InChI is InChI=1S/C13H9N3O2S2/c1-16-10(15)9(6-14)13(20-12(16)19)8-5-3-2-4-7(8)11(17)18-13/h2-5H,15H2,1H3. The van der Waals surface area contributed by atoms with Crippen LogP contribution < -0.4 is 5.73 Å². The highest BCUT2D eigenvalue weighted by Gasteiger charge is 2.54. The summed E-state index contributed by atoms with van der Waals surface area (Å²) in [6.07, 6.45) is 0. The predicted octanol–water partition coefficient (Wildman–Crippen LogP) is 1.67. The van der Waals surface area contributed by atoms with Crippen molar-refractivity contribution < 1.29 is 9.53 Å². The minimum Gasteiger partial charge on any atom is -0.434 e. The van der Waals surface area contributed by atoms with Gasteiger partial charge in [0.1, 0.15) is 21.8 Å². The van der Waals surface area contributed by atoms with Crippen LogP contribution in [-0.2, 0) is 9.67 Å². The van der Waals surface area contributed by atoms with Crippen LogP contribution in [0.15, 0.2) is 35.7 Å². The van der Waals surface area contributed by atoms with Crippen LogP contribution >= 0.6 is 24.0 Å². The molecule has 0 radical (unpaired) electrons. The quantitative estimate of drug-likeness (QED) is 0.577. The SMILES string of the molecule is CN1C(=S)SC2(OC(=O)c3ccccc32)C(C#N)=C1N. The molecule has 2 aliphatic rings. The molecule has 2 N–H and O–H groups in total. The summed E-state index contributed by atoms with van der Waals surface area (Å²) in [5, 5.41) is 9.44. The number of nitriles is 1. The summed E-state index contributed by atoms with van der Waals surface area (Å²) in [4.78, 5) is 12.3. The van der Waals surface area contributed by atoms with Gasteiger partial charge in [0.2, 0.25) is 4.93 Å². The number of nitrogens with zero attached hydrogens (tertiary/aromatic N) is 2. The summed E-state index contributed by atoms with van der Waals surface area (Å²) in [7, 11) is 1.68. The van der Waals surface area contributed by atoms with Crippen molar-refractivity contribution in [2.24, 2.45) is 5.73 Å². The van der Waals surface area contributed by atoms with Gasteiger partial charge in [0, 0.05) is 12.6 Å². The predicted molar refractivity (Wildman–Crippen MR) is 78.3 cm³/mol. The highest BCUT2D eigenvalue weighted by molar-refractivity contribution is 8.23. The lowest BCUT2D eigenvalue weighted by atomic mass is 9.98. The molecule has 3 rings (SSSR count). The molecule has 0 aliphatic carbocycles. The molecule has 0 aromatic heterocycles. The lowest BCUT2D eigenvalue weighted by Gasteiger charge is -2.36. The Labute approximate surface area is 125 Å². The number of thiocarbonyl (C=S) groups is 1. The molecule has 7 heteroatoms. The highest BCUT2D eigenvalue weighted by atomic mass is 32.2. The van der Waals surface area contributed by atoms with Crippen LogP contribution in [0.1, 0.15) is 15.9 Å². The van der Waals surface area contributed by atoms with Crippen molar-refractivity contribution in [1.29, 1.82) is 5.26 Å². The Bertz CT molecular complexity index is 723. The zero-order chi connectivity index (χ0) is 14.5. The summed E-state index contributed by atoms with van der Waals surface area (Å²) in [5.41, 5.74) is 7.22. The van der Waals surface area contributed by atoms with Crippen LogP contribution in [0, 0.1) is 11.3 Å². The van der Waals surface area contributed by atoms with Crippen molar-refractivity contribution in [1.82, 2.24) is 4.90 Å². The molecule has 0 fully saturated rings. The number of carbonyl (C=O) groups is 1. The Morgan fingerprint density at radius 2 is 2.20 bits per heavy atom. The maximum absolute atomic E-state index is 12.0. The van der Waals surface area contributed by atoms with Gasteiger partial charge >= 0.3 is 5.97 Å². The minimum atomic E-state index is -1.25. The van der Waals surface area contributed by atoms with Gasteiger partial charge in [0.25, 0.3) is 0 Å². The van der Waals surface area contributed by atoms with E-state index in [1.807, 2.05) is 0 Å². The molecule has 20 heavy (non-hydrogen) atoms. The van der Waals surface area contributed by atoms with Crippen molar-refractivity contribution in [3.63, 3.8) is 0 Å². The molecule has 5 nitrogen and oxygen atoms in total. The number of nitrogens with two attached hydrogens (primary N) is 1. The Morgan fingerprint density at radius 3 is 2.90 bits per heavy atom. The lowest BCUT2D eigenvalue weighted by molar-refractivity contribution is 0.0380. The van der Waals surface area contributed by atoms with Gasteiger partial charge in [-0.15, -0.1) is 0 Å². The van der Waals surface area contributed by atoms with E-state index in [1.54, 1.807) is 36.2 Å². The van der Waals surface area contributed by atoms with E-state index >= 15 is 0 Å². The second kappa shape index (κ2) is 4.23. The number of rotatable bonds is 0. The van der Waals surface area contributed by atoms with Gasteiger partial charge in [-0.05, 0) is 17.8 Å². The molecule has 0 saturated heterocycles. The summed E-state index contributed by atoms with van der Waals surface area (Å²) in [6.45, 7) is 0. The summed E-state index contributed by atoms with van der Waals surface area (Å²) in [5.74, 6) is -0.262. The average Bonchev–Trinajstić information content (AvgIpc) is 2.71. The Kier molecular flexibility index (Phi) is 2.74. The minimum absolute atomic E-state index is 0.192. The van der Waals surface area contributed by atoms with Crippen LogP contribution in [0.3, 0.4) is 0 Å². The summed E-state index contributed by atoms with van der Waals surface area (Å²) < 4.78 is 5.95. The van der Waals surface area contributed by atoms with Crippen LogP contribution in [0.4, 0.5) is 0 Å². The second-order valence-electron chi connectivity index (χ2n) is 4.35. The van der Waals surface area contributed by atoms with Crippen molar-refractivity contribution in [2.45, 2.75) is 4.93 Å². The highest BCUT2D eigenvalue weighted by Crippen LogP contribution is 2.53. The topological polar surface area (TPSA) is 79.3 Å². The first-order valence-electron chi connectivity index (χ1n) is 5.71. The Hall–Kier alpha value is -2.04. The number of fused-ring (bicyclic) bond motifs is 2. The lowest BCUT2D eigenvalue weighted by Crippen LogP contribution is -2.41. The van der Waals surface area contributed by atoms with Crippen LogP contribution in [0.2, 0.25) is 0 Å². The molecule has 1 aromatic rings. The van der Waals surface area contributed by atoms with Gasteiger partial charge in [-0.1, -0.05) is 30.4 Å². The van der Waals surface area contributed by atoms with Crippen LogP contribution in [0.5, 0.6) is 0 Å². The monoisotopic (exact) mass is 303 g/mol. The Morgan fingerprint density at radius 1 is 1.50 bits per heavy atom. The number of ether oxygens (including phenoxy) is 1. The molecule has 0 bridgehead atoms. The van der Waals surface area contributed by atoms with Gasteiger partial charge < -0.3 is 15.4 Å². The number of thioether (sulfide) groups is 1. The zero-order valence-corrected chi connectivity index (χ0v) is 12.0. The fourth-order valence-corrected chi connectivity index (χ4v) is 3.85. The fourth-order valence-electron chi connectivity index (χ4n) is 2.26. The van der Waals surface area contributed by atoms with Crippen molar-refractivity contribution >= 4 is 34.3 Å². The first-order valence-corrected chi connectivity index (χ1v) is 6.93. The molecular formula is C13H9N3O2S2. The first-order chi connectivity index (χ1) is 9.51. The largest absolute Gasteiger partial charge is 0.434 e. The number of esters is 1. The van der Waals surface area contributed by atoms with Gasteiger partial charge in [-0.3, -0.25) is 0 Å². The number of hydrogen-bond acceptors (Lipinski definition) is 6. The van der Waals surface area contributed by atoms with Gasteiger partial charge in [0.15, 0.2) is 0 Å². The molecule has 1 unspecified atom stereocenters.